The zero-order chi connectivity index (χ0) is 16.2. The number of fused-ring (bicyclic) bond motifs is 1. The molecule has 2 atom stereocenters. The van der Waals surface area contributed by atoms with E-state index in [1.165, 1.54) is 0 Å². The molecule has 1 aromatic carbocycles. The van der Waals surface area contributed by atoms with Gasteiger partial charge < -0.3 is 19.7 Å². The van der Waals surface area contributed by atoms with Crippen molar-refractivity contribution in [1.29, 1.82) is 0 Å². The van der Waals surface area contributed by atoms with Gasteiger partial charge >= 0.3 is 0 Å². The number of anilines is 1. The van der Waals surface area contributed by atoms with E-state index in [-0.39, 0.29) is 24.3 Å². The molecule has 6 nitrogen and oxygen atoms in total. The minimum Gasteiger partial charge on any atom is -0.494 e. The Bertz CT molecular complexity index is 572. The number of amides is 2. The summed E-state index contributed by atoms with van der Waals surface area (Å²) in [7, 11) is 0. The highest BCUT2D eigenvalue weighted by molar-refractivity contribution is 5.95. The largest absolute Gasteiger partial charge is 0.494 e. The van der Waals surface area contributed by atoms with Gasteiger partial charge in [-0.05, 0) is 44.0 Å². The van der Waals surface area contributed by atoms with Crippen LogP contribution in [0.25, 0.3) is 0 Å². The third-order valence-electron chi connectivity index (χ3n) is 4.25. The topological polar surface area (TPSA) is 67.9 Å². The molecule has 2 saturated heterocycles. The average molecular weight is 318 g/mol. The molecule has 23 heavy (non-hydrogen) atoms. The van der Waals surface area contributed by atoms with E-state index < -0.39 is 6.10 Å². The molecule has 124 valence electrons. The number of nitrogens with zero attached hydrogens (tertiary/aromatic N) is 1. The van der Waals surface area contributed by atoms with Crippen molar-refractivity contribution >= 4 is 17.5 Å². The fourth-order valence-electron chi connectivity index (χ4n) is 3.11. The van der Waals surface area contributed by atoms with Crippen molar-refractivity contribution in [2.24, 2.45) is 0 Å². The van der Waals surface area contributed by atoms with Gasteiger partial charge in [-0.3, -0.25) is 9.59 Å². The number of ether oxygens (including phenoxy) is 2. The van der Waals surface area contributed by atoms with Gasteiger partial charge in [0.05, 0.1) is 25.7 Å². The molecule has 0 aliphatic carbocycles. The molecule has 2 aliphatic heterocycles. The van der Waals surface area contributed by atoms with Gasteiger partial charge in [0, 0.05) is 12.2 Å². The van der Waals surface area contributed by atoms with Crippen LogP contribution in [0.2, 0.25) is 0 Å². The van der Waals surface area contributed by atoms with Crippen LogP contribution >= 0.6 is 0 Å². The normalized spacial score (nSPS) is 23.5. The van der Waals surface area contributed by atoms with E-state index in [0.29, 0.717) is 18.9 Å². The molecule has 0 spiro atoms. The molecule has 2 heterocycles. The summed E-state index contributed by atoms with van der Waals surface area (Å²) in [5.74, 6) is 0.488. The van der Waals surface area contributed by atoms with Crippen molar-refractivity contribution in [1.82, 2.24) is 4.90 Å². The summed E-state index contributed by atoms with van der Waals surface area (Å²) in [6.45, 7) is 3.84. The van der Waals surface area contributed by atoms with E-state index in [9.17, 15) is 9.59 Å². The summed E-state index contributed by atoms with van der Waals surface area (Å²) in [5.41, 5.74) is 0.681. The number of hydrogen-bond acceptors (Lipinski definition) is 4. The predicted molar refractivity (Wildman–Crippen MR) is 85.3 cm³/mol. The number of rotatable bonds is 5. The van der Waals surface area contributed by atoms with Gasteiger partial charge in [-0.1, -0.05) is 0 Å². The van der Waals surface area contributed by atoms with Crippen LogP contribution in [0.15, 0.2) is 24.3 Å². The second-order valence-electron chi connectivity index (χ2n) is 5.86. The van der Waals surface area contributed by atoms with Gasteiger partial charge in [-0.25, -0.2) is 0 Å². The number of benzene rings is 1. The van der Waals surface area contributed by atoms with Gasteiger partial charge in [0.15, 0.2) is 0 Å². The fourth-order valence-corrected chi connectivity index (χ4v) is 3.11. The third kappa shape index (κ3) is 3.64. The van der Waals surface area contributed by atoms with Crippen molar-refractivity contribution in [3.63, 3.8) is 0 Å². The Morgan fingerprint density at radius 2 is 2.17 bits per heavy atom. The average Bonchev–Trinajstić information content (AvgIpc) is 3.02. The van der Waals surface area contributed by atoms with E-state index in [1.54, 1.807) is 24.3 Å². The maximum Gasteiger partial charge on any atom is 0.252 e. The van der Waals surface area contributed by atoms with Crippen molar-refractivity contribution in [3.8, 4) is 5.75 Å². The SMILES string of the molecule is CCOc1ccc(NC(=O)C[C@@H]2OC[C@@H]3CCCN3C2=O)cc1. The lowest BCUT2D eigenvalue weighted by atomic mass is 10.1. The van der Waals surface area contributed by atoms with Crippen molar-refractivity contribution in [2.45, 2.75) is 38.3 Å². The van der Waals surface area contributed by atoms with Crippen molar-refractivity contribution in [2.75, 3.05) is 25.1 Å². The molecule has 2 fully saturated rings. The van der Waals surface area contributed by atoms with Gasteiger partial charge in [-0.2, -0.15) is 0 Å². The smallest absolute Gasteiger partial charge is 0.252 e. The van der Waals surface area contributed by atoms with E-state index in [2.05, 4.69) is 5.32 Å². The molecule has 0 radical (unpaired) electrons. The molecule has 6 heteroatoms. The quantitative estimate of drug-likeness (QED) is 0.899. The van der Waals surface area contributed by atoms with Gasteiger partial charge in [-0.15, -0.1) is 0 Å². The number of carbonyl (C=O) groups is 2. The Labute approximate surface area is 135 Å². The van der Waals surface area contributed by atoms with Crippen LogP contribution in [0.3, 0.4) is 0 Å². The molecule has 3 rings (SSSR count). The third-order valence-corrected chi connectivity index (χ3v) is 4.25. The maximum absolute atomic E-state index is 12.3. The summed E-state index contributed by atoms with van der Waals surface area (Å²) in [5, 5.41) is 2.79. The summed E-state index contributed by atoms with van der Waals surface area (Å²) < 4.78 is 11.0. The lowest BCUT2D eigenvalue weighted by Gasteiger charge is -2.34. The number of carbonyl (C=O) groups excluding carboxylic acids is 2. The van der Waals surface area contributed by atoms with Crippen LogP contribution in [0.1, 0.15) is 26.2 Å². The zero-order valence-electron chi connectivity index (χ0n) is 13.3. The van der Waals surface area contributed by atoms with Crippen molar-refractivity contribution < 1.29 is 19.1 Å². The van der Waals surface area contributed by atoms with Crippen LogP contribution < -0.4 is 10.1 Å². The predicted octanol–water partition coefficient (Wildman–Crippen LogP) is 1.80. The van der Waals surface area contributed by atoms with E-state index in [4.69, 9.17) is 9.47 Å². The molecule has 0 aromatic heterocycles. The van der Waals surface area contributed by atoms with E-state index in [0.717, 1.165) is 25.1 Å². The minimum atomic E-state index is -0.660. The first-order valence-corrected chi connectivity index (χ1v) is 8.12. The molecule has 2 aliphatic rings. The van der Waals surface area contributed by atoms with Crippen molar-refractivity contribution in [3.05, 3.63) is 24.3 Å². The molecule has 0 saturated carbocycles. The summed E-state index contributed by atoms with van der Waals surface area (Å²) in [6, 6.07) is 7.37. The first-order chi connectivity index (χ1) is 11.2. The molecule has 2 amide bonds. The molecular weight excluding hydrogens is 296 g/mol. The fraction of sp³-hybridized carbons (Fsp3) is 0.529. The lowest BCUT2D eigenvalue weighted by molar-refractivity contribution is -0.158. The Kier molecular flexibility index (Phi) is 4.81. The maximum atomic E-state index is 12.3. The number of morpholine rings is 1. The van der Waals surface area contributed by atoms with Crippen LogP contribution in [0.4, 0.5) is 5.69 Å². The molecule has 0 unspecified atom stereocenters. The van der Waals surface area contributed by atoms with Gasteiger partial charge in [0.2, 0.25) is 5.91 Å². The highest BCUT2D eigenvalue weighted by Crippen LogP contribution is 2.25. The summed E-state index contributed by atoms with van der Waals surface area (Å²) in [6.07, 6.45) is 1.41. The number of nitrogens with one attached hydrogen (secondary N) is 1. The second kappa shape index (κ2) is 7.00. The Balaban J connectivity index is 1.53. The second-order valence-corrected chi connectivity index (χ2v) is 5.86. The lowest BCUT2D eigenvalue weighted by Crippen LogP contribution is -2.51. The Morgan fingerprint density at radius 1 is 1.39 bits per heavy atom. The highest BCUT2D eigenvalue weighted by Gasteiger charge is 2.39. The standard InChI is InChI=1S/C17H22N2O4/c1-2-22-14-7-5-12(6-8-14)18-16(20)10-15-17(21)19-9-3-4-13(19)11-23-15/h5-8,13,15H,2-4,9-11H2,1H3,(H,18,20)/t13-,15-/m0/s1. The Morgan fingerprint density at radius 3 is 2.91 bits per heavy atom. The summed E-state index contributed by atoms with van der Waals surface area (Å²) >= 11 is 0. The molecule has 1 aromatic rings. The zero-order valence-corrected chi connectivity index (χ0v) is 13.3. The van der Waals surface area contributed by atoms with Gasteiger partial charge in [0.25, 0.3) is 5.91 Å². The molecule has 0 bridgehead atoms. The van der Waals surface area contributed by atoms with Crippen LogP contribution in [-0.2, 0) is 14.3 Å². The van der Waals surface area contributed by atoms with E-state index in [1.807, 2.05) is 11.8 Å². The monoisotopic (exact) mass is 318 g/mol. The minimum absolute atomic E-state index is 0.0509. The first-order valence-electron chi connectivity index (χ1n) is 8.12. The van der Waals surface area contributed by atoms with Crippen LogP contribution in [0, 0.1) is 0 Å². The molecule has 1 N–H and O–H groups in total. The van der Waals surface area contributed by atoms with Crippen LogP contribution in [0.5, 0.6) is 5.75 Å². The molecular formula is C17H22N2O4. The number of hydrogen-bond donors (Lipinski definition) is 1. The van der Waals surface area contributed by atoms with Crippen LogP contribution in [-0.4, -0.2) is 48.6 Å². The first kappa shape index (κ1) is 15.8. The van der Waals surface area contributed by atoms with Gasteiger partial charge in [0.1, 0.15) is 11.9 Å². The van der Waals surface area contributed by atoms with E-state index >= 15 is 0 Å². The highest BCUT2D eigenvalue weighted by atomic mass is 16.5. The summed E-state index contributed by atoms with van der Waals surface area (Å²) in [4.78, 5) is 26.3. The Hall–Kier alpha value is -2.08.